The zero-order chi connectivity index (χ0) is 19.9. The summed E-state index contributed by atoms with van der Waals surface area (Å²) in [5, 5.41) is 9.29. The van der Waals surface area contributed by atoms with E-state index in [2.05, 4.69) is 0 Å². The molecule has 28 heavy (non-hydrogen) atoms. The van der Waals surface area contributed by atoms with Gasteiger partial charge >= 0.3 is 12.1 Å². The summed E-state index contributed by atoms with van der Waals surface area (Å²) < 4.78 is 5.14. The Balaban J connectivity index is 1.67. The van der Waals surface area contributed by atoms with Crippen LogP contribution in [0.25, 0.3) is 0 Å². The fourth-order valence-corrected chi connectivity index (χ4v) is 4.40. The van der Waals surface area contributed by atoms with Crippen LogP contribution in [0.1, 0.15) is 56.9 Å². The van der Waals surface area contributed by atoms with Gasteiger partial charge < -0.3 is 9.84 Å². The average molecular weight is 387 g/mol. The van der Waals surface area contributed by atoms with E-state index < -0.39 is 23.9 Å². The third-order valence-electron chi connectivity index (χ3n) is 5.93. The van der Waals surface area contributed by atoms with Gasteiger partial charge in [-0.2, -0.15) is 0 Å². The number of rotatable bonds is 8. The van der Waals surface area contributed by atoms with E-state index in [9.17, 15) is 19.5 Å². The van der Waals surface area contributed by atoms with Crippen LogP contribution in [0.15, 0.2) is 30.3 Å². The molecule has 1 unspecified atom stereocenters. The SMILES string of the molecule is O=C(O)CC(CCC1CCCCC1)C(=O)N1C(=O)OC[C@H]1Cc1ccccc1. The highest BCUT2D eigenvalue weighted by Gasteiger charge is 2.41. The van der Waals surface area contributed by atoms with Gasteiger partial charge in [0.05, 0.1) is 12.5 Å². The number of cyclic esters (lactones) is 1. The predicted molar refractivity (Wildman–Crippen MR) is 104 cm³/mol. The molecule has 1 aliphatic heterocycles. The van der Waals surface area contributed by atoms with Gasteiger partial charge in [-0.1, -0.05) is 62.4 Å². The normalized spacial score (nSPS) is 21.4. The van der Waals surface area contributed by atoms with Crippen molar-refractivity contribution in [2.75, 3.05) is 6.61 Å². The number of hydrogen-bond acceptors (Lipinski definition) is 4. The number of imide groups is 1. The largest absolute Gasteiger partial charge is 0.481 e. The van der Waals surface area contributed by atoms with Gasteiger partial charge in [-0.25, -0.2) is 9.69 Å². The molecule has 2 aliphatic rings. The molecule has 152 valence electrons. The molecule has 0 bridgehead atoms. The Kier molecular flexibility index (Phi) is 7.06. The van der Waals surface area contributed by atoms with Crippen LogP contribution in [0.2, 0.25) is 0 Å². The van der Waals surface area contributed by atoms with E-state index >= 15 is 0 Å². The summed E-state index contributed by atoms with van der Waals surface area (Å²) in [6, 6.07) is 9.25. The Hall–Kier alpha value is -2.37. The summed E-state index contributed by atoms with van der Waals surface area (Å²) in [6.45, 7) is 0.155. The first kappa shape index (κ1) is 20.4. The number of ether oxygens (including phenoxy) is 1. The molecule has 2 fully saturated rings. The van der Waals surface area contributed by atoms with Gasteiger partial charge in [-0.05, 0) is 30.7 Å². The molecule has 0 radical (unpaired) electrons. The van der Waals surface area contributed by atoms with Crippen LogP contribution >= 0.6 is 0 Å². The van der Waals surface area contributed by atoms with Crippen LogP contribution in [-0.2, 0) is 20.7 Å². The van der Waals surface area contributed by atoms with Crippen LogP contribution in [-0.4, -0.2) is 40.6 Å². The molecule has 1 saturated heterocycles. The maximum atomic E-state index is 13.1. The van der Waals surface area contributed by atoms with Crippen LogP contribution in [0, 0.1) is 11.8 Å². The molecule has 1 aromatic carbocycles. The van der Waals surface area contributed by atoms with Crippen LogP contribution in [0.5, 0.6) is 0 Å². The minimum absolute atomic E-state index is 0.155. The van der Waals surface area contributed by atoms with E-state index in [-0.39, 0.29) is 19.1 Å². The molecule has 1 saturated carbocycles. The highest BCUT2D eigenvalue weighted by molar-refractivity contribution is 5.96. The first-order valence-electron chi connectivity index (χ1n) is 10.3. The van der Waals surface area contributed by atoms with Gasteiger partial charge in [0.1, 0.15) is 6.61 Å². The lowest BCUT2D eigenvalue weighted by atomic mass is 9.83. The Morgan fingerprint density at radius 1 is 1.14 bits per heavy atom. The molecular weight excluding hydrogens is 358 g/mol. The summed E-state index contributed by atoms with van der Waals surface area (Å²) in [7, 11) is 0. The van der Waals surface area contributed by atoms with Crippen molar-refractivity contribution < 1.29 is 24.2 Å². The molecule has 1 aromatic rings. The van der Waals surface area contributed by atoms with Crippen molar-refractivity contribution >= 4 is 18.0 Å². The van der Waals surface area contributed by atoms with E-state index in [1.54, 1.807) is 0 Å². The van der Waals surface area contributed by atoms with Gasteiger partial charge in [-0.15, -0.1) is 0 Å². The van der Waals surface area contributed by atoms with E-state index in [1.807, 2.05) is 30.3 Å². The second-order valence-electron chi connectivity index (χ2n) is 8.00. The summed E-state index contributed by atoms with van der Waals surface area (Å²) in [5.41, 5.74) is 1.01. The monoisotopic (exact) mass is 387 g/mol. The minimum atomic E-state index is -1.01. The van der Waals surface area contributed by atoms with Crippen molar-refractivity contribution in [3.63, 3.8) is 0 Å². The number of carbonyl (C=O) groups is 3. The molecule has 6 nitrogen and oxygen atoms in total. The zero-order valence-electron chi connectivity index (χ0n) is 16.2. The summed E-state index contributed by atoms with van der Waals surface area (Å²) in [4.78, 5) is 37.9. The van der Waals surface area contributed by atoms with E-state index in [0.29, 0.717) is 18.8 Å². The van der Waals surface area contributed by atoms with Gasteiger partial charge in [0.25, 0.3) is 0 Å². The molecule has 6 heteroatoms. The van der Waals surface area contributed by atoms with Crippen LogP contribution < -0.4 is 0 Å². The molecule has 0 aromatic heterocycles. The van der Waals surface area contributed by atoms with Crippen molar-refractivity contribution in [1.29, 1.82) is 0 Å². The Bertz CT molecular complexity index is 683. The molecule has 0 spiro atoms. The Labute approximate surface area is 165 Å². The van der Waals surface area contributed by atoms with Crippen molar-refractivity contribution in [1.82, 2.24) is 4.90 Å². The van der Waals surface area contributed by atoms with Gasteiger partial charge in [0.2, 0.25) is 5.91 Å². The third-order valence-corrected chi connectivity index (χ3v) is 5.93. The van der Waals surface area contributed by atoms with Gasteiger partial charge in [-0.3, -0.25) is 9.59 Å². The van der Waals surface area contributed by atoms with Crippen molar-refractivity contribution in [3.05, 3.63) is 35.9 Å². The third kappa shape index (κ3) is 5.33. The standard InChI is InChI=1S/C22H29NO5/c24-20(25)14-18(12-11-16-7-3-1-4-8-16)21(26)23-19(15-28-22(23)27)13-17-9-5-2-6-10-17/h2,5-6,9-10,16,18-19H,1,3-4,7-8,11-15H2,(H,24,25)/t18?,19-/m1/s1. The lowest BCUT2D eigenvalue weighted by Crippen LogP contribution is -2.44. The molecular formula is C22H29NO5. The lowest BCUT2D eigenvalue weighted by molar-refractivity contribution is -0.144. The number of benzene rings is 1. The minimum Gasteiger partial charge on any atom is -0.481 e. The lowest BCUT2D eigenvalue weighted by Gasteiger charge is -2.26. The van der Waals surface area contributed by atoms with E-state index in [0.717, 1.165) is 24.8 Å². The number of carbonyl (C=O) groups excluding carboxylic acids is 2. The number of carboxylic acids is 1. The smallest absolute Gasteiger partial charge is 0.416 e. The second kappa shape index (κ2) is 9.71. The molecule has 2 amide bonds. The van der Waals surface area contributed by atoms with Gasteiger partial charge in [0.15, 0.2) is 0 Å². The summed E-state index contributed by atoms with van der Waals surface area (Å²) >= 11 is 0. The predicted octanol–water partition coefficient (Wildman–Crippen LogP) is 4.03. The molecule has 2 atom stereocenters. The van der Waals surface area contributed by atoms with Gasteiger partial charge in [0, 0.05) is 5.92 Å². The fraction of sp³-hybridized carbons (Fsp3) is 0.591. The highest BCUT2D eigenvalue weighted by Crippen LogP contribution is 2.31. The number of nitrogens with zero attached hydrogens (tertiary/aromatic N) is 1. The summed E-state index contributed by atoms with van der Waals surface area (Å²) in [5.74, 6) is -1.53. The van der Waals surface area contributed by atoms with E-state index in [4.69, 9.17) is 4.74 Å². The summed E-state index contributed by atoms with van der Waals surface area (Å²) in [6.07, 6.45) is 6.95. The Morgan fingerprint density at radius 2 is 1.86 bits per heavy atom. The molecule has 1 aliphatic carbocycles. The zero-order valence-corrected chi connectivity index (χ0v) is 16.2. The Morgan fingerprint density at radius 3 is 2.54 bits per heavy atom. The first-order chi connectivity index (χ1) is 13.5. The van der Waals surface area contributed by atoms with Crippen LogP contribution in [0.4, 0.5) is 4.79 Å². The quantitative estimate of drug-likeness (QED) is 0.728. The fourth-order valence-electron chi connectivity index (χ4n) is 4.40. The van der Waals surface area contributed by atoms with Crippen LogP contribution in [0.3, 0.4) is 0 Å². The average Bonchev–Trinajstić information content (AvgIpc) is 3.06. The molecule has 1 N–H and O–H groups in total. The molecule has 1 heterocycles. The highest BCUT2D eigenvalue weighted by atomic mass is 16.6. The second-order valence-corrected chi connectivity index (χ2v) is 8.00. The first-order valence-corrected chi connectivity index (χ1v) is 10.3. The number of hydrogen-bond donors (Lipinski definition) is 1. The van der Waals surface area contributed by atoms with Crippen molar-refractivity contribution in [2.24, 2.45) is 11.8 Å². The van der Waals surface area contributed by atoms with Crippen molar-refractivity contribution in [3.8, 4) is 0 Å². The number of aliphatic carboxylic acids is 1. The molecule has 3 rings (SSSR count). The topological polar surface area (TPSA) is 83.9 Å². The number of amides is 2. The number of carboxylic acid groups (broad SMARTS) is 1. The van der Waals surface area contributed by atoms with E-state index in [1.165, 1.54) is 24.2 Å². The van der Waals surface area contributed by atoms with Crippen molar-refractivity contribution in [2.45, 2.75) is 63.8 Å². The maximum absolute atomic E-state index is 13.1. The maximum Gasteiger partial charge on any atom is 0.416 e.